The van der Waals surface area contributed by atoms with Crippen molar-refractivity contribution >= 4 is 27.9 Å². The fourth-order valence-corrected chi connectivity index (χ4v) is 8.78. The molecule has 12 heteroatoms. The van der Waals surface area contributed by atoms with Gasteiger partial charge < -0.3 is 14.5 Å². The second kappa shape index (κ2) is 19.0. The van der Waals surface area contributed by atoms with Crippen LogP contribution in [0.25, 0.3) is 44.8 Å². The monoisotopic (exact) mass is 902 g/mol. The van der Waals surface area contributed by atoms with Crippen LogP contribution in [0.4, 0.5) is 8.78 Å². The van der Waals surface area contributed by atoms with E-state index in [1.165, 1.54) is 30.3 Å². The van der Waals surface area contributed by atoms with E-state index < -0.39 is 5.97 Å². The smallest absolute Gasteiger partial charge is 0.340 e. The zero-order valence-electron chi connectivity index (χ0n) is 35.8. The maximum absolute atomic E-state index is 13.7. The molecular weight excluding hydrogens is 854 g/mol. The van der Waals surface area contributed by atoms with E-state index in [-0.39, 0.29) is 48.2 Å². The van der Waals surface area contributed by atoms with Gasteiger partial charge in [-0.2, -0.15) is 0 Å². The minimum absolute atomic E-state index is 0.000912. The number of hydrogen-bond acceptors (Lipinski definition) is 8. The van der Waals surface area contributed by atoms with Gasteiger partial charge in [-0.1, -0.05) is 52.0 Å². The Morgan fingerprint density at radius 1 is 0.645 bits per heavy atom. The second-order valence-corrected chi connectivity index (χ2v) is 16.8. The lowest BCUT2D eigenvalue weighted by Crippen LogP contribution is -2.16. The number of hydrogen-bond donors (Lipinski definition) is 1. The van der Waals surface area contributed by atoms with Crippen molar-refractivity contribution in [1.82, 2.24) is 19.9 Å². The van der Waals surface area contributed by atoms with Crippen LogP contribution < -0.4 is 5.56 Å². The van der Waals surface area contributed by atoms with Gasteiger partial charge in [0.05, 0.1) is 52.8 Å². The van der Waals surface area contributed by atoms with Gasteiger partial charge >= 0.3 is 11.9 Å². The average molecular weight is 904 g/mol. The molecule has 4 aromatic heterocycles. The largest absolute Gasteiger partial charge is 0.462 e. The summed E-state index contributed by atoms with van der Waals surface area (Å²) in [7, 11) is 0. The molecule has 1 N–H and O–H groups in total. The third kappa shape index (κ3) is 9.02. The van der Waals surface area contributed by atoms with Crippen molar-refractivity contribution in [3.63, 3.8) is 0 Å². The van der Waals surface area contributed by atoms with Gasteiger partial charge in [-0.25, -0.2) is 23.4 Å². The van der Waals surface area contributed by atoms with Gasteiger partial charge in [0.15, 0.2) is 0 Å². The molecule has 9 nitrogen and oxygen atoms in total. The molecular formula is C50H49BrF2N4O5. The van der Waals surface area contributed by atoms with E-state index in [1.54, 1.807) is 44.2 Å². The van der Waals surface area contributed by atoms with Crippen LogP contribution in [0.3, 0.4) is 0 Å². The number of nitrogens with zero attached hydrogens (tertiary/aromatic N) is 3. The zero-order valence-corrected chi connectivity index (χ0v) is 37.3. The number of benzene rings is 2. The highest BCUT2D eigenvalue weighted by Crippen LogP contribution is 2.43. The molecule has 0 bridgehead atoms. The third-order valence-electron chi connectivity index (χ3n) is 11.1. The Morgan fingerprint density at radius 3 is 1.60 bits per heavy atom. The first-order valence-electron chi connectivity index (χ1n) is 21.2. The fourth-order valence-electron chi connectivity index (χ4n) is 8.43. The molecule has 0 radical (unpaired) electrons. The number of carbonyl (C=O) groups is 2. The number of nitrogens with one attached hydrogen (secondary N) is 1. The highest BCUT2D eigenvalue weighted by Gasteiger charge is 2.32. The number of rotatable bonds is 8. The third-order valence-corrected chi connectivity index (χ3v) is 11.6. The summed E-state index contributed by atoms with van der Waals surface area (Å²) in [4.78, 5) is 55.8. The number of esters is 2. The quantitative estimate of drug-likeness (QED) is 0.118. The Hall–Kier alpha value is -5.88. The van der Waals surface area contributed by atoms with Crippen molar-refractivity contribution < 1.29 is 27.8 Å². The summed E-state index contributed by atoms with van der Waals surface area (Å²) in [6.45, 7) is 12.1. The summed E-state index contributed by atoms with van der Waals surface area (Å²) in [6, 6.07) is 19.7. The van der Waals surface area contributed by atoms with Crippen molar-refractivity contribution in [3.8, 4) is 44.8 Å². The van der Waals surface area contributed by atoms with E-state index in [2.05, 4.69) is 25.9 Å². The Bertz CT molecular complexity index is 2710. The first-order chi connectivity index (χ1) is 29.8. The standard InChI is InChI=1S/C25H24BrFN2O2.C25H25FN2O3/c1-4-31-25(30)22-21(15-8-10-16(27)11-9-15)18-6-5-7-19-17(12-13-20(26)28-19)24(18)29-23(22)14(2)3;1-4-31-25(30)22-21(15-8-10-16(26)11-9-15)18-6-5-7-19-17(12-13-20(29)27-19)24(18)28-23(22)14(2)3/h8-14H,4-7H2,1-3H3;8-14H,4-7H2,1-3H3,(H,27,29). The predicted octanol–water partition coefficient (Wildman–Crippen LogP) is 11.5. The van der Waals surface area contributed by atoms with Gasteiger partial charge in [0, 0.05) is 34.0 Å². The number of aromatic nitrogens is 4. The molecule has 320 valence electrons. The molecule has 0 fully saturated rings. The number of aromatic amines is 1. The van der Waals surface area contributed by atoms with E-state index >= 15 is 0 Å². The number of aryl methyl sites for hydroxylation is 2. The molecule has 2 aliphatic carbocycles. The van der Waals surface area contributed by atoms with Crippen LogP contribution in [0, 0.1) is 11.6 Å². The fraction of sp³-hybridized carbons (Fsp3) is 0.320. The molecule has 0 saturated heterocycles. The van der Waals surface area contributed by atoms with Gasteiger partial charge in [-0.05, 0) is 145 Å². The summed E-state index contributed by atoms with van der Waals surface area (Å²) >= 11 is 3.47. The Morgan fingerprint density at radius 2 is 1.11 bits per heavy atom. The molecule has 2 aromatic carbocycles. The number of ether oxygens (including phenoxy) is 2. The summed E-state index contributed by atoms with van der Waals surface area (Å²) in [5.74, 6) is -1.51. The first-order valence-corrected chi connectivity index (χ1v) is 22.0. The average Bonchev–Trinajstić information content (AvgIpc) is 3.54. The molecule has 4 heterocycles. The minimum atomic E-state index is -0.424. The molecule has 0 unspecified atom stereocenters. The lowest BCUT2D eigenvalue weighted by atomic mass is 9.87. The van der Waals surface area contributed by atoms with Gasteiger partial charge in [-0.15, -0.1) is 0 Å². The van der Waals surface area contributed by atoms with Crippen LogP contribution >= 0.6 is 15.9 Å². The van der Waals surface area contributed by atoms with Gasteiger partial charge in [0.2, 0.25) is 5.56 Å². The molecule has 62 heavy (non-hydrogen) atoms. The van der Waals surface area contributed by atoms with E-state index in [9.17, 15) is 23.2 Å². The normalized spacial score (nSPS) is 12.8. The molecule has 0 saturated carbocycles. The summed E-state index contributed by atoms with van der Waals surface area (Å²) < 4.78 is 39.0. The second-order valence-electron chi connectivity index (χ2n) is 16.0. The maximum atomic E-state index is 13.7. The van der Waals surface area contributed by atoms with Crippen LogP contribution in [0.5, 0.6) is 0 Å². The number of carbonyl (C=O) groups excluding carboxylic acids is 2. The Kier molecular flexibility index (Phi) is 13.6. The highest BCUT2D eigenvalue weighted by molar-refractivity contribution is 9.10. The van der Waals surface area contributed by atoms with E-state index in [1.807, 2.05) is 39.8 Å². The van der Waals surface area contributed by atoms with Crippen LogP contribution in [-0.2, 0) is 35.2 Å². The number of H-pyrrole nitrogens is 1. The topological polar surface area (TPSA) is 124 Å². The van der Waals surface area contributed by atoms with Crippen LogP contribution in [-0.4, -0.2) is 45.1 Å². The van der Waals surface area contributed by atoms with Crippen molar-refractivity contribution in [2.24, 2.45) is 0 Å². The number of pyridine rings is 4. The molecule has 8 rings (SSSR count). The molecule has 0 spiro atoms. The van der Waals surface area contributed by atoms with Crippen LogP contribution in [0.2, 0.25) is 0 Å². The lowest BCUT2D eigenvalue weighted by molar-refractivity contribution is 0.0515. The number of fused-ring (bicyclic) bond motifs is 6. The van der Waals surface area contributed by atoms with Gasteiger partial charge in [0.1, 0.15) is 16.2 Å². The first kappa shape index (κ1) is 44.2. The summed E-state index contributed by atoms with van der Waals surface area (Å²) in [5, 5.41) is 0. The van der Waals surface area contributed by atoms with Crippen molar-refractivity contribution in [2.75, 3.05) is 13.2 Å². The Labute approximate surface area is 368 Å². The van der Waals surface area contributed by atoms with Gasteiger partial charge in [-0.3, -0.25) is 14.8 Å². The Balaban J connectivity index is 0.000000186. The van der Waals surface area contributed by atoms with Crippen LogP contribution in [0.15, 0.2) is 82.2 Å². The zero-order chi connectivity index (χ0) is 44.2. The molecule has 6 aromatic rings. The molecule has 0 atom stereocenters. The van der Waals surface area contributed by atoms with Crippen molar-refractivity contribution in [2.45, 2.75) is 91.9 Å². The minimum Gasteiger partial charge on any atom is -0.462 e. The SMILES string of the molecule is CCOC(=O)c1c(C(C)C)nc2c(c1-c1ccc(F)cc1)CCCc1[nH]c(=O)ccc1-2.CCOC(=O)c1c(C(C)C)nc2c(c1-c1ccc(F)cc1)CCCc1nc(Br)ccc1-2. The van der Waals surface area contributed by atoms with E-state index in [0.29, 0.717) is 35.4 Å². The predicted molar refractivity (Wildman–Crippen MR) is 240 cm³/mol. The lowest BCUT2D eigenvalue weighted by Gasteiger charge is -2.22. The summed E-state index contributed by atoms with van der Waals surface area (Å²) in [5.41, 5.74) is 12.4. The van der Waals surface area contributed by atoms with E-state index in [4.69, 9.17) is 19.4 Å². The molecule has 2 aliphatic rings. The summed E-state index contributed by atoms with van der Waals surface area (Å²) in [6.07, 6.45) is 4.61. The molecule has 0 amide bonds. The maximum Gasteiger partial charge on any atom is 0.340 e. The number of halogens is 3. The highest BCUT2D eigenvalue weighted by atomic mass is 79.9. The molecule has 0 aliphatic heterocycles. The van der Waals surface area contributed by atoms with Crippen molar-refractivity contribution in [1.29, 1.82) is 0 Å². The van der Waals surface area contributed by atoms with E-state index in [0.717, 1.165) is 97.6 Å². The van der Waals surface area contributed by atoms with Gasteiger partial charge in [0.25, 0.3) is 0 Å². The van der Waals surface area contributed by atoms with Crippen molar-refractivity contribution in [3.05, 3.63) is 144 Å². The van der Waals surface area contributed by atoms with Crippen LogP contribution in [0.1, 0.15) is 121 Å².